The van der Waals surface area contributed by atoms with Crippen molar-refractivity contribution in [3.05, 3.63) is 30.0 Å². The Labute approximate surface area is 126 Å². The minimum Gasteiger partial charge on any atom is -0.374 e. The summed E-state index contributed by atoms with van der Waals surface area (Å²) in [5, 5.41) is 5.92. The molecule has 0 fully saturated rings. The normalized spacial score (nSPS) is 13.8. The summed E-state index contributed by atoms with van der Waals surface area (Å²) in [5.41, 5.74) is 4.77. The quantitative estimate of drug-likeness (QED) is 0.606. The highest BCUT2D eigenvalue weighted by Gasteiger charge is 2.30. The Bertz CT molecular complexity index is 591. The number of nitrogens with zero attached hydrogens (tertiary/aromatic N) is 2. The lowest BCUT2D eigenvalue weighted by molar-refractivity contribution is -0.0382. The Morgan fingerprint density at radius 2 is 2.05 bits per heavy atom. The van der Waals surface area contributed by atoms with Gasteiger partial charge < -0.3 is 4.74 Å². The highest BCUT2D eigenvalue weighted by Crippen LogP contribution is 2.23. The fraction of sp³-hybridized carbons (Fsp3) is 0.562. The van der Waals surface area contributed by atoms with Crippen LogP contribution in [0.25, 0.3) is 10.9 Å². The lowest BCUT2D eigenvalue weighted by Crippen LogP contribution is -2.52. The molecule has 0 aliphatic rings. The number of aromatic nitrogens is 2. The fourth-order valence-electron chi connectivity index (χ4n) is 2.76. The zero-order valence-corrected chi connectivity index (χ0v) is 13.4. The highest BCUT2D eigenvalue weighted by molar-refractivity contribution is 5.82. The largest absolute Gasteiger partial charge is 0.374 e. The number of nitrogens with two attached hydrogens (primary N) is 1. The van der Waals surface area contributed by atoms with E-state index in [0.29, 0.717) is 6.61 Å². The molecule has 21 heavy (non-hydrogen) atoms. The number of nitrogens with one attached hydrogen (secondary N) is 1. The van der Waals surface area contributed by atoms with Crippen LogP contribution in [0.1, 0.15) is 33.4 Å². The van der Waals surface area contributed by atoms with Gasteiger partial charge in [0.1, 0.15) is 0 Å². The fourth-order valence-corrected chi connectivity index (χ4v) is 2.76. The number of ether oxygens (including phenoxy) is 1. The van der Waals surface area contributed by atoms with Gasteiger partial charge in [-0.3, -0.25) is 16.0 Å². The number of benzene rings is 1. The van der Waals surface area contributed by atoms with E-state index >= 15 is 0 Å². The molecule has 1 unspecified atom stereocenters. The van der Waals surface area contributed by atoms with Crippen molar-refractivity contribution in [1.29, 1.82) is 0 Å². The van der Waals surface area contributed by atoms with E-state index in [-0.39, 0.29) is 11.6 Å². The maximum Gasteiger partial charge on any atom is 0.0795 e. The predicted octanol–water partition coefficient (Wildman–Crippen LogP) is 2.25. The third-order valence-electron chi connectivity index (χ3n) is 3.99. The summed E-state index contributed by atoms with van der Waals surface area (Å²) in [4.78, 5) is 0. The van der Waals surface area contributed by atoms with Gasteiger partial charge in [-0.25, -0.2) is 0 Å². The second-order valence-electron chi connectivity index (χ2n) is 5.74. The van der Waals surface area contributed by atoms with Gasteiger partial charge in [-0.15, -0.1) is 0 Å². The summed E-state index contributed by atoms with van der Waals surface area (Å²) >= 11 is 0. The second kappa shape index (κ2) is 6.56. The summed E-state index contributed by atoms with van der Waals surface area (Å²) < 4.78 is 7.86. The number of fused-ring (bicyclic) bond motifs is 1. The molecule has 0 radical (unpaired) electrons. The van der Waals surface area contributed by atoms with E-state index < -0.39 is 0 Å². The Kier molecular flexibility index (Phi) is 4.98. The van der Waals surface area contributed by atoms with E-state index in [9.17, 15) is 0 Å². The molecule has 2 aromatic rings. The van der Waals surface area contributed by atoms with Crippen LogP contribution in [0.15, 0.2) is 24.3 Å². The minimum atomic E-state index is -0.347. The average Bonchev–Trinajstić information content (AvgIpc) is 2.82. The number of rotatable bonds is 7. The Hall–Kier alpha value is -1.43. The standard InChI is InChI=1S/C16H26N4O/c1-5-20-14-10-8-7-9-12(14)13(19-20)11-15(18-17)16(3,4)21-6-2/h7-10,15,18H,5-6,11,17H2,1-4H3. The lowest BCUT2D eigenvalue weighted by Gasteiger charge is -2.33. The molecule has 0 aliphatic heterocycles. The molecule has 0 spiro atoms. The van der Waals surface area contributed by atoms with Crippen LogP contribution in [-0.4, -0.2) is 28.0 Å². The molecular formula is C16H26N4O. The SMILES string of the molecule is CCOC(C)(C)C(Cc1nn(CC)c2ccccc12)NN. The minimum absolute atomic E-state index is 0.000984. The van der Waals surface area contributed by atoms with Crippen molar-refractivity contribution in [3.8, 4) is 0 Å². The molecule has 3 N–H and O–H groups in total. The summed E-state index contributed by atoms with van der Waals surface area (Å²) in [7, 11) is 0. The van der Waals surface area contributed by atoms with E-state index in [1.54, 1.807) is 0 Å². The van der Waals surface area contributed by atoms with Gasteiger partial charge in [0, 0.05) is 25.0 Å². The molecule has 1 aromatic carbocycles. The summed E-state index contributed by atoms with van der Waals surface area (Å²) in [6.07, 6.45) is 0.733. The van der Waals surface area contributed by atoms with Crippen LogP contribution in [0.3, 0.4) is 0 Å². The molecule has 1 heterocycles. The van der Waals surface area contributed by atoms with Crippen molar-refractivity contribution < 1.29 is 4.74 Å². The summed E-state index contributed by atoms with van der Waals surface area (Å²) in [5.74, 6) is 5.76. The topological polar surface area (TPSA) is 65.1 Å². The number of hydrogen-bond donors (Lipinski definition) is 2. The smallest absolute Gasteiger partial charge is 0.0795 e. The van der Waals surface area contributed by atoms with Crippen LogP contribution in [0.4, 0.5) is 0 Å². The van der Waals surface area contributed by atoms with E-state index in [1.165, 1.54) is 10.9 Å². The first kappa shape index (κ1) is 15.9. The van der Waals surface area contributed by atoms with Gasteiger partial charge in [-0.2, -0.15) is 5.10 Å². The van der Waals surface area contributed by atoms with Crippen LogP contribution in [0.2, 0.25) is 0 Å². The van der Waals surface area contributed by atoms with Crippen molar-refractivity contribution in [1.82, 2.24) is 15.2 Å². The summed E-state index contributed by atoms with van der Waals surface area (Å²) in [6, 6.07) is 8.31. The first-order valence-corrected chi connectivity index (χ1v) is 7.58. The molecule has 1 atom stereocenters. The van der Waals surface area contributed by atoms with Crippen molar-refractivity contribution in [2.24, 2.45) is 5.84 Å². The van der Waals surface area contributed by atoms with Crippen molar-refractivity contribution >= 4 is 10.9 Å². The van der Waals surface area contributed by atoms with Gasteiger partial charge in [-0.05, 0) is 33.8 Å². The van der Waals surface area contributed by atoms with Gasteiger partial charge in [-0.1, -0.05) is 18.2 Å². The molecule has 0 aliphatic carbocycles. The van der Waals surface area contributed by atoms with Crippen LogP contribution in [-0.2, 0) is 17.7 Å². The van der Waals surface area contributed by atoms with Gasteiger partial charge in [0.25, 0.3) is 0 Å². The molecular weight excluding hydrogens is 264 g/mol. The first-order chi connectivity index (χ1) is 10.0. The van der Waals surface area contributed by atoms with E-state index in [2.05, 4.69) is 38.3 Å². The van der Waals surface area contributed by atoms with Crippen LogP contribution in [0, 0.1) is 0 Å². The van der Waals surface area contributed by atoms with Gasteiger partial charge in [0.05, 0.1) is 22.9 Å². The highest BCUT2D eigenvalue weighted by atomic mass is 16.5. The molecule has 5 nitrogen and oxygen atoms in total. The zero-order valence-electron chi connectivity index (χ0n) is 13.4. The van der Waals surface area contributed by atoms with Crippen molar-refractivity contribution in [3.63, 3.8) is 0 Å². The Morgan fingerprint density at radius 3 is 2.67 bits per heavy atom. The Balaban J connectivity index is 2.34. The first-order valence-electron chi connectivity index (χ1n) is 7.58. The molecule has 0 saturated carbocycles. The summed E-state index contributed by atoms with van der Waals surface area (Å²) in [6.45, 7) is 9.73. The Morgan fingerprint density at radius 1 is 1.33 bits per heavy atom. The third-order valence-corrected chi connectivity index (χ3v) is 3.99. The zero-order chi connectivity index (χ0) is 15.5. The average molecular weight is 290 g/mol. The van der Waals surface area contributed by atoms with Crippen LogP contribution in [0.5, 0.6) is 0 Å². The van der Waals surface area contributed by atoms with Gasteiger partial charge in [0.2, 0.25) is 0 Å². The molecule has 2 rings (SSSR count). The lowest BCUT2D eigenvalue weighted by atomic mass is 9.94. The number of hydrazine groups is 1. The van der Waals surface area contributed by atoms with E-state index in [0.717, 1.165) is 18.7 Å². The molecule has 0 bridgehead atoms. The molecule has 1 aromatic heterocycles. The molecule has 5 heteroatoms. The van der Waals surface area contributed by atoms with Crippen molar-refractivity contribution in [2.75, 3.05) is 6.61 Å². The van der Waals surface area contributed by atoms with Crippen LogP contribution < -0.4 is 11.3 Å². The monoisotopic (exact) mass is 290 g/mol. The van der Waals surface area contributed by atoms with E-state index in [4.69, 9.17) is 15.7 Å². The number of para-hydroxylation sites is 1. The third kappa shape index (κ3) is 3.26. The van der Waals surface area contributed by atoms with Crippen LogP contribution >= 0.6 is 0 Å². The predicted molar refractivity (Wildman–Crippen MR) is 85.9 cm³/mol. The number of hydrogen-bond acceptors (Lipinski definition) is 4. The maximum atomic E-state index is 5.82. The molecule has 0 amide bonds. The molecule has 116 valence electrons. The van der Waals surface area contributed by atoms with Gasteiger partial charge in [0.15, 0.2) is 0 Å². The maximum absolute atomic E-state index is 5.82. The number of aryl methyl sites for hydroxylation is 1. The second-order valence-corrected chi connectivity index (χ2v) is 5.74. The van der Waals surface area contributed by atoms with Crippen molar-refractivity contribution in [2.45, 2.75) is 52.3 Å². The van der Waals surface area contributed by atoms with Gasteiger partial charge >= 0.3 is 0 Å². The molecule has 0 saturated heterocycles. The van der Waals surface area contributed by atoms with E-state index in [1.807, 2.05) is 23.7 Å².